The number of likely N-dealkylation sites (tertiary alicyclic amines) is 1. The van der Waals surface area contributed by atoms with Crippen molar-refractivity contribution in [2.45, 2.75) is 57.5 Å². The van der Waals surface area contributed by atoms with Crippen LogP contribution in [0, 0.1) is 18.7 Å². The summed E-state index contributed by atoms with van der Waals surface area (Å²) in [6.07, 6.45) is 5.68. The van der Waals surface area contributed by atoms with Crippen LogP contribution in [0.2, 0.25) is 0 Å². The number of hydrogen-bond acceptors (Lipinski definition) is 3. The Labute approximate surface area is 233 Å². The van der Waals surface area contributed by atoms with Crippen LogP contribution < -0.4 is 4.90 Å². The molecule has 2 atom stereocenters. The molecular weight excluding hydrogens is 485 g/mol. The van der Waals surface area contributed by atoms with Gasteiger partial charge in [0.05, 0.1) is 0 Å². The van der Waals surface area contributed by atoms with Gasteiger partial charge in [-0.05, 0) is 78.8 Å². The second-order valence-electron chi connectivity index (χ2n) is 11.7. The van der Waals surface area contributed by atoms with Crippen LogP contribution in [0.25, 0.3) is 0 Å². The Kier molecular flexibility index (Phi) is 8.66. The van der Waals surface area contributed by atoms with E-state index in [-0.39, 0.29) is 17.8 Å². The van der Waals surface area contributed by atoms with E-state index < -0.39 is 0 Å². The van der Waals surface area contributed by atoms with E-state index in [1.165, 1.54) is 53.8 Å². The number of benzene rings is 3. The second kappa shape index (κ2) is 12.3. The average molecular weight is 528 g/mol. The van der Waals surface area contributed by atoms with Gasteiger partial charge in [0.25, 0.3) is 5.91 Å². The van der Waals surface area contributed by atoms with Crippen molar-refractivity contribution in [2.75, 3.05) is 38.6 Å². The number of anilines is 1. The predicted molar refractivity (Wildman–Crippen MR) is 158 cm³/mol. The summed E-state index contributed by atoms with van der Waals surface area (Å²) in [6.45, 7) is 5.78. The van der Waals surface area contributed by atoms with Crippen molar-refractivity contribution < 1.29 is 9.18 Å². The van der Waals surface area contributed by atoms with Crippen LogP contribution in [0.15, 0.2) is 72.8 Å². The zero-order valence-corrected chi connectivity index (χ0v) is 23.7. The molecule has 1 amide bonds. The van der Waals surface area contributed by atoms with Crippen molar-refractivity contribution >= 4 is 11.6 Å². The van der Waals surface area contributed by atoms with Gasteiger partial charge in [-0.15, -0.1) is 0 Å². The summed E-state index contributed by atoms with van der Waals surface area (Å²) in [5.74, 6) is 0.432. The molecule has 2 fully saturated rings. The van der Waals surface area contributed by atoms with Crippen LogP contribution in [0.5, 0.6) is 0 Å². The minimum absolute atomic E-state index is 0.0446. The number of nitrogens with zero attached hydrogens (tertiary/aromatic N) is 3. The largest absolute Gasteiger partial charge is 0.378 e. The van der Waals surface area contributed by atoms with Gasteiger partial charge in [-0.25, -0.2) is 4.39 Å². The SMILES string of the molecule is Cc1ccccc1[C@H]1CN(Cc2ccc(N(C)C)cc2)C[C@H]1CN(C(=O)c1ccc(F)cc1)C1CCCCC1. The van der Waals surface area contributed by atoms with Gasteiger partial charge in [-0.1, -0.05) is 55.7 Å². The molecule has 206 valence electrons. The van der Waals surface area contributed by atoms with E-state index >= 15 is 0 Å². The predicted octanol–water partition coefficient (Wildman–Crippen LogP) is 6.89. The van der Waals surface area contributed by atoms with Crippen LogP contribution in [-0.2, 0) is 6.54 Å². The lowest BCUT2D eigenvalue weighted by Gasteiger charge is -2.37. The van der Waals surface area contributed by atoms with Gasteiger partial charge < -0.3 is 9.80 Å². The van der Waals surface area contributed by atoms with Crippen LogP contribution >= 0.6 is 0 Å². The van der Waals surface area contributed by atoms with Crippen molar-refractivity contribution in [3.63, 3.8) is 0 Å². The Hall–Kier alpha value is -3.18. The topological polar surface area (TPSA) is 26.8 Å². The average Bonchev–Trinajstić information content (AvgIpc) is 3.34. The number of carbonyl (C=O) groups is 1. The normalized spacial score (nSPS) is 20.2. The lowest BCUT2D eigenvalue weighted by Crippen LogP contribution is -2.45. The third-order valence-corrected chi connectivity index (χ3v) is 8.76. The zero-order chi connectivity index (χ0) is 27.4. The number of hydrogen-bond donors (Lipinski definition) is 0. The van der Waals surface area contributed by atoms with E-state index in [2.05, 4.69) is 84.2 Å². The molecule has 1 aliphatic heterocycles. The van der Waals surface area contributed by atoms with Crippen molar-refractivity contribution in [3.05, 3.63) is 101 Å². The molecule has 2 aliphatic rings. The third kappa shape index (κ3) is 6.52. The van der Waals surface area contributed by atoms with Crippen LogP contribution in [0.3, 0.4) is 0 Å². The first-order chi connectivity index (χ1) is 18.9. The minimum Gasteiger partial charge on any atom is -0.378 e. The minimum atomic E-state index is -0.305. The number of carbonyl (C=O) groups excluding carboxylic acids is 1. The Balaban J connectivity index is 1.41. The molecule has 39 heavy (non-hydrogen) atoms. The number of aryl methyl sites for hydroxylation is 1. The Morgan fingerprint density at radius 2 is 1.59 bits per heavy atom. The van der Waals surface area contributed by atoms with E-state index in [9.17, 15) is 9.18 Å². The van der Waals surface area contributed by atoms with E-state index in [1.54, 1.807) is 12.1 Å². The van der Waals surface area contributed by atoms with Crippen molar-refractivity contribution in [2.24, 2.45) is 5.92 Å². The quantitative estimate of drug-likeness (QED) is 0.319. The molecule has 5 heteroatoms. The summed E-state index contributed by atoms with van der Waals surface area (Å²) in [4.78, 5) is 20.7. The van der Waals surface area contributed by atoms with Gasteiger partial charge in [0.2, 0.25) is 0 Å². The molecule has 0 bridgehead atoms. The van der Waals surface area contributed by atoms with E-state index in [0.717, 1.165) is 39.0 Å². The first-order valence-electron chi connectivity index (χ1n) is 14.5. The fourth-order valence-corrected chi connectivity index (χ4v) is 6.59. The standard InChI is InChI=1S/C34H42FN3O/c1-25-9-7-8-12-32(25)33-24-37(21-26-13-19-30(20-14-26)36(2)3)22-28(33)23-38(31-10-5-4-6-11-31)34(39)27-15-17-29(35)18-16-27/h7-9,12-20,28,31,33H,4-6,10-11,21-24H2,1-3H3/t28-,33-/m0/s1. The molecule has 5 rings (SSSR count). The van der Waals surface area contributed by atoms with Crippen molar-refractivity contribution in [1.29, 1.82) is 0 Å². The summed E-state index contributed by atoms with van der Waals surface area (Å²) in [7, 11) is 4.14. The first-order valence-corrected chi connectivity index (χ1v) is 14.5. The van der Waals surface area contributed by atoms with Gasteiger partial charge in [0, 0.05) is 63.5 Å². The Morgan fingerprint density at radius 3 is 2.26 bits per heavy atom. The number of amides is 1. The fourth-order valence-electron chi connectivity index (χ4n) is 6.59. The molecule has 3 aromatic carbocycles. The highest BCUT2D eigenvalue weighted by atomic mass is 19.1. The first kappa shape index (κ1) is 27.4. The monoisotopic (exact) mass is 527 g/mol. The number of rotatable bonds is 8. The van der Waals surface area contributed by atoms with Crippen molar-refractivity contribution in [3.8, 4) is 0 Å². The molecule has 1 heterocycles. The molecular formula is C34H42FN3O. The van der Waals surface area contributed by atoms with E-state index in [0.29, 0.717) is 17.4 Å². The molecule has 0 spiro atoms. The molecule has 4 nitrogen and oxygen atoms in total. The summed E-state index contributed by atoms with van der Waals surface area (Å²) in [5, 5.41) is 0. The molecule has 1 saturated heterocycles. The maximum atomic E-state index is 13.9. The highest BCUT2D eigenvalue weighted by Gasteiger charge is 2.38. The molecule has 0 aromatic heterocycles. The zero-order valence-electron chi connectivity index (χ0n) is 23.7. The summed E-state index contributed by atoms with van der Waals surface area (Å²) in [5.41, 5.74) is 5.82. The van der Waals surface area contributed by atoms with Gasteiger partial charge in [0.15, 0.2) is 0 Å². The lowest BCUT2D eigenvalue weighted by atomic mass is 9.85. The lowest BCUT2D eigenvalue weighted by molar-refractivity contribution is 0.0588. The fraction of sp³-hybridized carbons (Fsp3) is 0.441. The molecule has 1 aliphatic carbocycles. The van der Waals surface area contributed by atoms with E-state index in [1.807, 2.05) is 0 Å². The van der Waals surface area contributed by atoms with Gasteiger partial charge in [0.1, 0.15) is 5.82 Å². The summed E-state index contributed by atoms with van der Waals surface area (Å²) >= 11 is 0. The maximum Gasteiger partial charge on any atom is 0.254 e. The number of halogens is 1. The maximum absolute atomic E-state index is 13.9. The molecule has 0 N–H and O–H groups in total. The Morgan fingerprint density at radius 1 is 0.897 bits per heavy atom. The van der Waals surface area contributed by atoms with Crippen molar-refractivity contribution in [1.82, 2.24) is 9.80 Å². The molecule has 1 saturated carbocycles. The molecule has 3 aromatic rings. The highest BCUT2D eigenvalue weighted by Crippen LogP contribution is 2.37. The highest BCUT2D eigenvalue weighted by molar-refractivity contribution is 5.94. The van der Waals surface area contributed by atoms with Crippen LogP contribution in [0.4, 0.5) is 10.1 Å². The van der Waals surface area contributed by atoms with Gasteiger partial charge >= 0.3 is 0 Å². The summed E-state index contributed by atoms with van der Waals surface area (Å²) < 4.78 is 13.7. The molecule has 0 radical (unpaired) electrons. The van der Waals surface area contributed by atoms with Gasteiger partial charge in [-0.2, -0.15) is 0 Å². The smallest absolute Gasteiger partial charge is 0.254 e. The van der Waals surface area contributed by atoms with Crippen LogP contribution in [-0.4, -0.2) is 55.5 Å². The van der Waals surface area contributed by atoms with Gasteiger partial charge in [-0.3, -0.25) is 9.69 Å². The van der Waals surface area contributed by atoms with E-state index in [4.69, 9.17) is 0 Å². The third-order valence-electron chi connectivity index (χ3n) is 8.76. The van der Waals surface area contributed by atoms with Crippen LogP contribution in [0.1, 0.15) is 65.1 Å². The Bertz CT molecular complexity index is 1230. The molecule has 0 unspecified atom stereocenters. The summed E-state index contributed by atoms with van der Waals surface area (Å²) in [6, 6.07) is 23.9. The second-order valence-corrected chi connectivity index (χ2v) is 11.7.